The first-order chi connectivity index (χ1) is 5.04. The second-order valence-electron chi connectivity index (χ2n) is 2.59. The predicted octanol–water partition coefficient (Wildman–Crippen LogP) is 3.00. The van der Waals surface area contributed by atoms with Gasteiger partial charge >= 0.3 is 0 Å². The third-order valence-corrected chi connectivity index (χ3v) is 0.851. The van der Waals surface area contributed by atoms with Crippen molar-refractivity contribution < 1.29 is 4.84 Å². The van der Waals surface area contributed by atoms with E-state index in [9.17, 15) is 0 Å². The first kappa shape index (κ1) is 12.8. The van der Waals surface area contributed by atoms with Crippen LogP contribution in [-0.4, -0.2) is 12.8 Å². The van der Waals surface area contributed by atoms with Gasteiger partial charge in [0.1, 0.15) is 7.11 Å². The molecule has 66 valence electrons. The van der Waals surface area contributed by atoms with E-state index in [0.717, 1.165) is 5.71 Å². The molecule has 0 amide bonds. The molecule has 0 rings (SSSR count). The monoisotopic (exact) mass is 157 g/mol. The van der Waals surface area contributed by atoms with Crippen molar-refractivity contribution >= 4 is 5.71 Å². The molecule has 0 bridgehead atoms. The lowest BCUT2D eigenvalue weighted by molar-refractivity contribution is 0.213. The molecule has 0 spiro atoms. The number of hydrogen-bond donors (Lipinski definition) is 0. The number of hydrogen-bond acceptors (Lipinski definition) is 2. The van der Waals surface area contributed by atoms with Crippen molar-refractivity contribution in [3.63, 3.8) is 0 Å². The molecule has 0 aliphatic heterocycles. The number of oxime groups is 1. The maximum Gasteiger partial charge on any atom is 0.106 e. The molecule has 0 atom stereocenters. The minimum Gasteiger partial charge on any atom is -0.399 e. The average molecular weight is 157 g/mol. The summed E-state index contributed by atoms with van der Waals surface area (Å²) in [6.45, 7) is 9.96. The van der Waals surface area contributed by atoms with Crippen molar-refractivity contribution in [2.45, 2.75) is 34.6 Å². The highest BCUT2D eigenvalue weighted by Gasteiger charge is 1.69. The molecule has 0 saturated heterocycles. The van der Waals surface area contributed by atoms with Gasteiger partial charge < -0.3 is 4.84 Å². The van der Waals surface area contributed by atoms with Gasteiger partial charge in [-0.15, -0.1) is 0 Å². The van der Waals surface area contributed by atoms with Gasteiger partial charge in [0, 0.05) is 0 Å². The first-order valence-corrected chi connectivity index (χ1v) is 3.68. The lowest BCUT2D eigenvalue weighted by atomic mass is 10.3. The minimum atomic E-state index is 0.942. The molecule has 0 aromatic carbocycles. The Morgan fingerprint density at radius 2 is 1.55 bits per heavy atom. The second-order valence-corrected chi connectivity index (χ2v) is 2.59. The van der Waals surface area contributed by atoms with Crippen molar-refractivity contribution in [2.24, 2.45) is 5.16 Å². The molecule has 0 N–H and O–H groups in total. The van der Waals surface area contributed by atoms with Crippen molar-refractivity contribution in [1.82, 2.24) is 0 Å². The molecule has 0 aliphatic rings. The molecule has 0 unspecified atom stereocenters. The number of nitrogens with zero attached hydrogens (tertiary/aromatic N) is 1. The minimum absolute atomic E-state index is 0.942. The molecule has 0 aromatic heterocycles. The molecule has 0 fully saturated rings. The van der Waals surface area contributed by atoms with Crippen molar-refractivity contribution in [1.29, 1.82) is 0 Å². The zero-order valence-corrected chi connectivity index (χ0v) is 8.43. The fraction of sp³-hybridized carbons (Fsp3) is 0.667. The Morgan fingerprint density at radius 3 is 1.55 bits per heavy atom. The van der Waals surface area contributed by atoms with E-state index in [1.165, 1.54) is 12.7 Å². The van der Waals surface area contributed by atoms with Crippen LogP contribution in [0, 0.1) is 0 Å². The van der Waals surface area contributed by atoms with Crippen LogP contribution in [0.15, 0.2) is 16.8 Å². The van der Waals surface area contributed by atoms with E-state index >= 15 is 0 Å². The second kappa shape index (κ2) is 9.21. The van der Waals surface area contributed by atoms with Gasteiger partial charge in [0.2, 0.25) is 0 Å². The fourth-order valence-corrected chi connectivity index (χ4v) is 0.183. The van der Waals surface area contributed by atoms with Crippen molar-refractivity contribution in [2.75, 3.05) is 7.11 Å². The molecule has 0 heterocycles. The summed E-state index contributed by atoms with van der Waals surface area (Å²) < 4.78 is 0. The van der Waals surface area contributed by atoms with E-state index in [1.54, 1.807) is 0 Å². The lowest BCUT2D eigenvalue weighted by Crippen LogP contribution is -1.79. The highest BCUT2D eigenvalue weighted by molar-refractivity contribution is 5.78. The summed E-state index contributed by atoms with van der Waals surface area (Å²) in [5.74, 6) is 0. The predicted molar refractivity (Wildman–Crippen MR) is 50.9 cm³/mol. The average Bonchev–Trinajstić information content (AvgIpc) is 1.89. The Kier molecular flexibility index (Phi) is 10.8. The van der Waals surface area contributed by atoms with Crippen LogP contribution in [0.5, 0.6) is 0 Å². The third-order valence-electron chi connectivity index (χ3n) is 0.851. The van der Waals surface area contributed by atoms with Gasteiger partial charge in [-0.3, -0.25) is 0 Å². The van der Waals surface area contributed by atoms with Gasteiger partial charge in [-0.05, 0) is 34.6 Å². The van der Waals surface area contributed by atoms with Gasteiger partial charge in [-0.2, -0.15) is 0 Å². The number of allylic oxidation sites excluding steroid dienone is 2. The fourth-order valence-electron chi connectivity index (χ4n) is 0.183. The van der Waals surface area contributed by atoms with Gasteiger partial charge in [-0.25, -0.2) is 0 Å². The molecule has 0 aliphatic carbocycles. The Bertz CT molecular complexity index is 128. The zero-order chi connectivity index (χ0) is 9.28. The van der Waals surface area contributed by atoms with Gasteiger partial charge in [-0.1, -0.05) is 16.8 Å². The van der Waals surface area contributed by atoms with Crippen LogP contribution >= 0.6 is 0 Å². The Hall–Kier alpha value is -0.790. The Balaban J connectivity index is 0. The van der Waals surface area contributed by atoms with Gasteiger partial charge in [0.15, 0.2) is 0 Å². The summed E-state index contributed by atoms with van der Waals surface area (Å²) in [5, 5.41) is 3.54. The van der Waals surface area contributed by atoms with Crippen LogP contribution in [0.1, 0.15) is 34.6 Å². The van der Waals surface area contributed by atoms with E-state index in [0.29, 0.717) is 0 Å². The number of rotatable bonds is 1. The molecule has 0 saturated carbocycles. The first-order valence-electron chi connectivity index (χ1n) is 3.68. The van der Waals surface area contributed by atoms with Crippen LogP contribution in [0.4, 0.5) is 0 Å². The summed E-state index contributed by atoms with van der Waals surface area (Å²) in [4.78, 5) is 4.39. The molecular formula is C9H19NO. The zero-order valence-electron chi connectivity index (χ0n) is 8.43. The maximum absolute atomic E-state index is 4.39. The maximum atomic E-state index is 4.39. The highest BCUT2D eigenvalue weighted by Crippen LogP contribution is 1.82. The standard InChI is InChI=1S/C5H10.C4H9NO/c1-4-5(2)3;1-4(2)5-6-3/h4H,1-3H3;1-3H3. The van der Waals surface area contributed by atoms with Crippen LogP contribution in [0.3, 0.4) is 0 Å². The van der Waals surface area contributed by atoms with Crippen LogP contribution in [0.2, 0.25) is 0 Å². The summed E-state index contributed by atoms with van der Waals surface area (Å²) in [6.07, 6.45) is 2.08. The topological polar surface area (TPSA) is 21.6 Å². The van der Waals surface area contributed by atoms with E-state index < -0.39 is 0 Å². The summed E-state index contributed by atoms with van der Waals surface area (Å²) in [7, 11) is 1.53. The van der Waals surface area contributed by atoms with Crippen LogP contribution < -0.4 is 0 Å². The highest BCUT2D eigenvalue weighted by atomic mass is 16.6. The molecule has 0 radical (unpaired) electrons. The third kappa shape index (κ3) is 27.0. The molecule has 0 aromatic rings. The van der Waals surface area contributed by atoms with Crippen LogP contribution in [-0.2, 0) is 4.84 Å². The van der Waals surface area contributed by atoms with E-state index in [2.05, 4.69) is 29.9 Å². The van der Waals surface area contributed by atoms with Crippen LogP contribution in [0.25, 0.3) is 0 Å². The van der Waals surface area contributed by atoms with E-state index in [1.807, 2.05) is 20.8 Å². The molecular weight excluding hydrogens is 138 g/mol. The van der Waals surface area contributed by atoms with Gasteiger partial charge in [0.05, 0.1) is 5.71 Å². The SMILES string of the molecule is CC=C(C)C.CON=C(C)C. The largest absolute Gasteiger partial charge is 0.399 e. The summed E-state index contributed by atoms with van der Waals surface area (Å²) >= 11 is 0. The summed E-state index contributed by atoms with van der Waals surface area (Å²) in [6, 6.07) is 0. The summed E-state index contributed by atoms with van der Waals surface area (Å²) in [5.41, 5.74) is 2.32. The molecule has 2 nitrogen and oxygen atoms in total. The quantitative estimate of drug-likeness (QED) is 0.326. The van der Waals surface area contributed by atoms with E-state index in [-0.39, 0.29) is 0 Å². The normalized spacial score (nSPS) is 7.09. The molecule has 11 heavy (non-hydrogen) atoms. The smallest absolute Gasteiger partial charge is 0.106 e. The van der Waals surface area contributed by atoms with Crippen molar-refractivity contribution in [3.05, 3.63) is 11.6 Å². The molecule has 2 heteroatoms. The van der Waals surface area contributed by atoms with Gasteiger partial charge in [0.25, 0.3) is 0 Å². The Morgan fingerprint density at radius 1 is 1.18 bits per heavy atom. The van der Waals surface area contributed by atoms with Crippen molar-refractivity contribution in [3.8, 4) is 0 Å². The Labute approximate surface area is 69.9 Å². The lowest BCUT2D eigenvalue weighted by Gasteiger charge is -1.83. The van der Waals surface area contributed by atoms with E-state index in [4.69, 9.17) is 0 Å².